The molecule has 0 rings (SSSR count). The zero-order valence-corrected chi connectivity index (χ0v) is 14.2. The molecule has 0 unspecified atom stereocenters. The monoisotopic (exact) mass is 466 g/mol. The van der Waals surface area contributed by atoms with Gasteiger partial charge in [0.15, 0.2) is 0 Å². The van der Waals surface area contributed by atoms with E-state index in [1.807, 2.05) is 0 Å². The summed E-state index contributed by atoms with van der Waals surface area (Å²) >= 11 is -6.06. The standard InChI is InChI=1S/8CN.6N.3Ni/c8*1-2;;;;;;;;;/q;;;;;;;;;;;;;;2*-1;+2. The van der Waals surface area contributed by atoms with E-state index in [1.165, 1.54) is 40.3 Å². The first-order valence-corrected chi connectivity index (χ1v) is 7.00. The molecule has 0 aliphatic heterocycles. The van der Waals surface area contributed by atoms with E-state index in [0.29, 0.717) is 0 Å². The van der Waals surface area contributed by atoms with E-state index in [1.54, 1.807) is 0 Å². The molecule has 0 atom stereocenters. The summed E-state index contributed by atoms with van der Waals surface area (Å²) in [4.78, 5) is 0. The van der Waals surface area contributed by atoms with E-state index in [2.05, 4.69) is 0 Å². The second kappa shape index (κ2) is 29.2. The summed E-state index contributed by atoms with van der Waals surface area (Å²) < 4.78 is 0. The molecule has 0 aromatic heterocycles. The Bertz CT molecular complexity index is 480. The van der Waals surface area contributed by atoms with Gasteiger partial charge < -0.3 is 0 Å². The van der Waals surface area contributed by atoms with Gasteiger partial charge >= 0.3 is 124 Å². The van der Waals surface area contributed by atoms with Gasteiger partial charge in [0.1, 0.15) is 0 Å². The van der Waals surface area contributed by atoms with Crippen molar-refractivity contribution < 1.29 is 41.3 Å². The van der Waals surface area contributed by atoms with Crippen LogP contribution in [-0.4, -0.2) is 0 Å². The third-order valence-electron chi connectivity index (χ3n) is 0.849. The fourth-order valence-corrected chi connectivity index (χ4v) is 0.782. The number of nitriles is 8. The van der Waals surface area contributed by atoms with E-state index in [0.717, 1.165) is 0 Å². The second-order valence-corrected chi connectivity index (χ2v) is 6.24. The van der Waals surface area contributed by atoms with E-state index in [4.69, 9.17) is 42.1 Å². The Morgan fingerprint density at radius 2 is 0.400 bits per heavy atom. The van der Waals surface area contributed by atoms with Gasteiger partial charge in [-0.3, -0.25) is 0 Å². The van der Waals surface area contributed by atoms with Crippen LogP contribution in [0.1, 0.15) is 0 Å². The predicted octanol–water partition coefficient (Wildman–Crippen LogP) is -2.76. The van der Waals surface area contributed by atoms with Gasteiger partial charge in [0.05, 0.1) is 0 Å². The molecule has 0 bridgehead atoms. The molecule has 0 aromatic rings. The van der Waals surface area contributed by atoms with Gasteiger partial charge in [-0.05, 0) is 0 Å². The Hall–Kier alpha value is -2.84. The Labute approximate surface area is 160 Å². The normalized spacial score (nSPS) is 6.72. The summed E-state index contributed by atoms with van der Waals surface area (Å²) in [6, 6.07) is 0. The minimum absolute atomic E-state index is 0. The molecule has 17 heteroatoms. The van der Waals surface area contributed by atoms with E-state index >= 15 is 0 Å². The first-order chi connectivity index (χ1) is 8.49. The van der Waals surface area contributed by atoms with E-state index in [-0.39, 0.29) is 53.4 Å². The summed E-state index contributed by atoms with van der Waals surface area (Å²) in [5.74, 6) is 0. The Kier molecular flexibility index (Phi) is 66.9. The minimum Gasteiger partial charge on any atom is 0 e. The van der Waals surface area contributed by atoms with Gasteiger partial charge in [-0.25, -0.2) is 0 Å². The molecule has 0 amide bonds. The van der Waals surface area contributed by atoms with Crippen LogP contribution in [0.15, 0.2) is 0 Å². The van der Waals surface area contributed by atoms with Gasteiger partial charge in [0.2, 0.25) is 0 Å². The van der Waals surface area contributed by atoms with Crippen LogP contribution in [0.25, 0.3) is 0 Å². The molecule has 0 aromatic carbocycles. The average Bonchev–Trinajstić information content (AvgIpc) is 2.46. The number of hydrogen-bond acceptors (Lipinski definition) is 8. The largest absolute Gasteiger partial charge is 2.00 e. The van der Waals surface area contributed by atoms with E-state index < -0.39 is 24.8 Å². The quantitative estimate of drug-likeness (QED) is 0.334. The van der Waals surface area contributed by atoms with Gasteiger partial charge in [0.25, 0.3) is 0 Å². The maximum atomic E-state index is 8.10. The molecular formula is C8N14Ni3. The smallest absolute Gasteiger partial charge is 0 e. The maximum Gasteiger partial charge on any atom is 2.00 e. The predicted molar refractivity (Wildman–Crippen MR) is 57.7 cm³/mol. The van der Waals surface area contributed by atoms with Crippen molar-refractivity contribution in [3.63, 3.8) is 0 Å². The van der Waals surface area contributed by atoms with Crippen LogP contribution in [0.2, 0.25) is 0 Å². The fourth-order valence-electron chi connectivity index (χ4n) is 0.190. The molecule has 0 fully saturated rings. The third-order valence-corrected chi connectivity index (χ3v) is 3.50. The Balaban J connectivity index is -0.0000000229. The average molecular weight is 468 g/mol. The van der Waals surface area contributed by atoms with Crippen molar-refractivity contribution in [2.45, 2.75) is 0 Å². The van der Waals surface area contributed by atoms with Crippen molar-refractivity contribution in [1.29, 1.82) is 42.1 Å². The van der Waals surface area contributed by atoms with E-state index in [9.17, 15) is 0 Å². The van der Waals surface area contributed by atoms with Crippen molar-refractivity contribution in [3.05, 3.63) is 0 Å². The van der Waals surface area contributed by atoms with Gasteiger partial charge in [-0.2, -0.15) is 0 Å². The van der Waals surface area contributed by atoms with Crippen LogP contribution in [0, 0.1) is 82.4 Å². The Morgan fingerprint density at radius 1 is 0.320 bits per heavy atom. The zero-order chi connectivity index (χ0) is 14.7. The van der Waals surface area contributed by atoms with Gasteiger partial charge in [-0.1, -0.05) is 0 Å². The number of hydrogen-bond donors (Lipinski definition) is 0. The molecule has 0 saturated heterocycles. The van der Waals surface area contributed by atoms with Crippen molar-refractivity contribution >= 4 is 0 Å². The van der Waals surface area contributed by atoms with Crippen LogP contribution in [0.5, 0.6) is 0 Å². The SMILES string of the molecule is N#[C][Ni-]([C]#N)([C]#N)[C]#N.N#[C][Ni-]([C]#N)([C]#N)[C]#N.[N].[N].[N].[N].[N].[N].[Ni+2]. The maximum absolute atomic E-state index is 8.10. The molecule has 0 heterocycles. The van der Waals surface area contributed by atoms with Crippen molar-refractivity contribution in [3.8, 4) is 40.3 Å². The second-order valence-electron chi connectivity index (χ2n) is 1.51. The van der Waals surface area contributed by atoms with Crippen molar-refractivity contribution in [2.75, 3.05) is 0 Å². The molecular weight excluding hydrogens is 468 g/mol. The molecule has 0 N–H and O–H groups in total. The fraction of sp³-hybridized carbons (Fsp3) is 0. The summed E-state index contributed by atoms with van der Waals surface area (Å²) in [5.41, 5.74) is 0. The number of nitrogens with zero attached hydrogens (tertiary/aromatic N) is 14. The molecule has 25 heavy (non-hydrogen) atoms. The first kappa shape index (κ1) is 57.3. The summed E-state index contributed by atoms with van der Waals surface area (Å²) in [7, 11) is 0. The van der Waals surface area contributed by atoms with Crippen LogP contribution in [-0.2, 0) is 41.3 Å². The van der Waals surface area contributed by atoms with Crippen LogP contribution in [0.4, 0.5) is 0 Å². The van der Waals surface area contributed by atoms with Crippen molar-refractivity contribution in [1.82, 2.24) is 36.9 Å². The number of rotatable bonds is 0. The zero-order valence-electron chi connectivity index (χ0n) is 11.2. The van der Waals surface area contributed by atoms with Crippen LogP contribution < -0.4 is 36.9 Å². The van der Waals surface area contributed by atoms with Crippen LogP contribution in [0.3, 0.4) is 0 Å². The first-order valence-electron chi connectivity index (χ1n) is 3.05. The molecule has 0 saturated carbocycles. The van der Waals surface area contributed by atoms with Crippen molar-refractivity contribution in [2.24, 2.45) is 0 Å². The molecule has 18 radical (unpaired) electrons. The molecule has 0 aliphatic carbocycles. The molecule has 0 aliphatic rings. The summed E-state index contributed by atoms with van der Waals surface area (Å²) in [6.07, 6.45) is 0. The third kappa shape index (κ3) is 17.3. The minimum atomic E-state index is -3.03. The van der Waals surface area contributed by atoms with Gasteiger partial charge in [-0.15, -0.1) is 0 Å². The van der Waals surface area contributed by atoms with Gasteiger partial charge in [0, 0.05) is 36.9 Å². The molecule has 132 valence electrons. The topological polar surface area (TPSA) is 373 Å². The summed E-state index contributed by atoms with van der Waals surface area (Å²) in [5, 5.41) is 75.8. The summed E-state index contributed by atoms with van der Waals surface area (Å²) in [6.45, 7) is 0. The molecule has 14 nitrogen and oxygen atoms in total. The van der Waals surface area contributed by atoms with Crippen LogP contribution >= 0.6 is 0 Å². The molecule has 0 spiro atoms. The Morgan fingerprint density at radius 3 is 0.400 bits per heavy atom.